The highest BCUT2D eigenvalue weighted by Gasteiger charge is 2.16. The quantitative estimate of drug-likeness (QED) is 0.611. The molecular formula is C13H26N2S. The molecule has 0 saturated carbocycles. The summed E-state index contributed by atoms with van der Waals surface area (Å²) in [5, 5.41) is 8.90. The number of hydrogen-bond donors (Lipinski definition) is 0. The predicted octanol–water partition coefficient (Wildman–Crippen LogP) is 3.39. The summed E-state index contributed by atoms with van der Waals surface area (Å²) in [7, 11) is 2.19. The SMILES string of the molecule is CSCC(C)N(C)CCCCC(C)(C)C#N. The Balaban J connectivity index is 3.63. The average molecular weight is 242 g/mol. The van der Waals surface area contributed by atoms with Crippen molar-refractivity contribution in [3.8, 4) is 6.07 Å². The minimum Gasteiger partial charge on any atom is -0.303 e. The molecule has 0 amide bonds. The van der Waals surface area contributed by atoms with Crippen LogP contribution >= 0.6 is 11.8 Å². The zero-order valence-corrected chi connectivity index (χ0v) is 12.2. The van der Waals surface area contributed by atoms with Crippen LogP contribution in [0.15, 0.2) is 0 Å². The molecule has 3 heteroatoms. The van der Waals surface area contributed by atoms with Crippen molar-refractivity contribution < 1.29 is 0 Å². The van der Waals surface area contributed by atoms with Crippen molar-refractivity contribution >= 4 is 11.8 Å². The van der Waals surface area contributed by atoms with E-state index < -0.39 is 0 Å². The number of hydrogen-bond acceptors (Lipinski definition) is 3. The molecule has 16 heavy (non-hydrogen) atoms. The summed E-state index contributed by atoms with van der Waals surface area (Å²) >= 11 is 1.90. The van der Waals surface area contributed by atoms with Crippen molar-refractivity contribution in [2.75, 3.05) is 25.6 Å². The van der Waals surface area contributed by atoms with Crippen molar-refractivity contribution in [1.82, 2.24) is 4.90 Å². The van der Waals surface area contributed by atoms with E-state index in [1.807, 2.05) is 25.6 Å². The first kappa shape index (κ1) is 15.8. The lowest BCUT2D eigenvalue weighted by Gasteiger charge is -2.24. The third-order valence-corrected chi connectivity index (χ3v) is 3.84. The summed E-state index contributed by atoms with van der Waals surface area (Å²) < 4.78 is 0. The summed E-state index contributed by atoms with van der Waals surface area (Å²) in [6.45, 7) is 7.46. The highest BCUT2D eigenvalue weighted by molar-refractivity contribution is 7.98. The van der Waals surface area contributed by atoms with Crippen LogP contribution in [-0.4, -0.2) is 36.5 Å². The molecule has 1 atom stereocenters. The number of nitriles is 1. The third-order valence-electron chi connectivity index (χ3n) is 3.03. The molecule has 0 aliphatic carbocycles. The smallest absolute Gasteiger partial charge is 0.0683 e. The molecule has 0 aliphatic rings. The van der Waals surface area contributed by atoms with Crippen LogP contribution < -0.4 is 0 Å². The molecule has 0 bridgehead atoms. The Hall–Kier alpha value is -0.200. The fourth-order valence-electron chi connectivity index (χ4n) is 1.57. The van der Waals surface area contributed by atoms with E-state index in [0.29, 0.717) is 6.04 Å². The predicted molar refractivity (Wildman–Crippen MR) is 73.7 cm³/mol. The Bertz CT molecular complexity index is 220. The first-order valence-electron chi connectivity index (χ1n) is 6.03. The second-order valence-corrected chi connectivity index (χ2v) is 6.15. The van der Waals surface area contributed by atoms with Gasteiger partial charge in [0, 0.05) is 11.8 Å². The molecule has 0 saturated heterocycles. The number of rotatable bonds is 8. The van der Waals surface area contributed by atoms with Crippen LogP contribution in [0.3, 0.4) is 0 Å². The minimum absolute atomic E-state index is 0.149. The Kier molecular flexibility index (Phi) is 7.87. The van der Waals surface area contributed by atoms with E-state index in [9.17, 15) is 0 Å². The lowest BCUT2D eigenvalue weighted by Crippen LogP contribution is -2.31. The number of unbranched alkanes of at least 4 members (excludes halogenated alkanes) is 1. The molecular weight excluding hydrogens is 216 g/mol. The zero-order chi connectivity index (χ0) is 12.6. The van der Waals surface area contributed by atoms with Gasteiger partial charge < -0.3 is 4.90 Å². The summed E-state index contributed by atoms with van der Waals surface area (Å²) in [5.74, 6) is 1.19. The van der Waals surface area contributed by atoms with Gasteiger partial charge in [-0.3, -0.25) is 0 Å². The Morgan fingerprint density at radius 1 is 1.38 bits per heavy atom. The lowest BCUT2D eigenvalue weighted by atomic mass is 9.89. The van der Waals surface area contributed by atoms with Crippen LogP contribution in [0.4, 0.5) is 0 Å². The highest BCUT2D eigenvalue weighted by atomic mass is 32.2. The standard InChI is InChI=1S/C13H26N2S/c1-12(10-16-5)15(4)9-7-6-8-13(2,3)11-14/h12H,6-10H2,1-5H3. The number of thioether (sulfide) groups is 1. The average Bonchev–Trinajstić information content (AvgIpc) is 2.24. The molecule has 0 fully saturated rings. The van der Waals surface area contributed by atoms with Crippen LogP contribution in [0, 0.1) is 16.7 Å². The van der Waals surface area contributed by atoms with Crippen LogP contribution in [0.5, 0.6) is 0 Å². The molecule has 0 aromatic rings. The van der Waals surface area contributed by atoms with Gasteiger partial charge in [0.05, 0.1) is 11.5 Å². The maximum absolute atomic E-state index is 8.90. The molecule has 0 rings (SSSR count). The van der Waals surface area contributed by atoms with Crippen molar-refractivity contribution in [3.63, 3.8) is 0 Å². The molecule has 0 heterocycles. The fourth-order valence-corrected chi connectivity index (χ4v) is 2.31. The molecule has 0 N–H and O–H groups in total. The minimum atomic E-state index is -0.149. The summed E-state index contributed by atoms with van der Waals surface area (Å²) in [6, 6.07) is 3.01. The van der Waals surface area contributed by atoms with Gasteiger partial charge in [0.2, 0.25) is 0 Å². The Labute approximate surface area is 105 Å². The summed E-state index contributed by atoms with van der Waals surface area (Å²) in [5.41, 5.74) is -0.149. The topological polar surface area (TPSA) is 27.0 Å². The van der Waals surface area contributed by atoms with Gasteiger partial charge in [-0.1, -0.05) is 6.42 Å². The summed E-state index contributed by atoms with van der Waals surface area (Å²) in [4.78, 5) is 2.41. The van der Waals surface area contributed by atoms with Gasteiger partial charge in [-0.15, -0.1) is 0 Å². The van der Waals surface area contributed by atoms with Gasteiger partial charge in [-0.2, -0.15) is 17.0 Å². The second kappa shape index (κ2) is 7.97. The molecule has 0 aliphatic heterocycles. The second-order valence-electron chi connectivity index (χ2n) is 5.24. The van der Waals surface area contributed by atoms with Gasteiger partial charge in [-0.05, 0) is 53.5 Å². The van der Waals surface area contributed by atoms with Crippen molar-refractivity contribution in [3.05, 3.63) is 0 Å². The van der Waals surface area contributed by atoms with E-state index in [-0.39, 0.29) is 5.41 Å². The lowest BCUT2D eigenvalue weighted by molar-refractivity contribution is 0.266. The van der Waals surface area contributed by atoms with Gasteiger partial charge >= 0.3 is 0 Å². The van der Waals surface area contributed by atoms with Crippen LogP contribution in [-0.2, 0) is 0 Å². The van der Waals surface area contributed by atoms with E-state index >= 15 is 0 Å². The van der Waals surface area contributed by atoms with Crippen molar-refractivity contribution in [2.45, 2.75) is 46.1 Å². The summed E-state index contributed by atoms with van der Waals surface area (Å²) in [6.07, 6.45) is 5.51. The maximum atomic E-state index is 8.90. The molecule has 94 valence electrons. The van der Waals surface area contributed by atoms with E-state index in [1.54, 1.807) is 0 Å². The van der Waals surface area contributed by atoms with Gasteiger partial charge in [0.15, 0.2) is 0 Å². The van der Waals surface area contributed by atoms with Gasteiger partial charge in [0.25, 0.3) is 0 Å². The number of nitrogens with zero attached hydrogens (tertiary/aromatic N) is 2. The fraction of sp³-hybridized carbons (Fsp3) is 0.923. The molecule has 2 nitrogen and oxygen atoms in total. The largest absolute Gasteiger partial charge is 0.303 e. The van der Waals surface area contributed by atoms with E-state index in [0.717, 1.165) is 19.4 Å². The van der Waals surface area contributed by atoms with E-state index in [2.05, 4.69) is 31.2 Å². The molecule has 0 aromatic carbocycles. The first-order valence-corrected chi connectivity index (χ1v) is 7.43. The highest BCUT2D eigenvalue weighted by Crippen LogP contribution is 2.21. The Morgan fingerprint density at radius 2 is 2.00 bits per heavy atom. The third kappa shape index (κ3) is 7.14. The van der Waals surface area contributed by atoms with Crippen molar-refractivity contribution in [1.29, 1.82) is 5.26 Å². The molecule has 0 radical (unpaired) electrons. The maximum Gasteiger partial charge on any atom is 0.0683 e. The van der Waals surface area contributed by atoms with Crippen LogP contribution in [0.2, 0.25) is 0 Å². The molecule has 0 aromatic heterocycles. The van der Waals surface area contributed by atoms with Gasteiger partial charge in [0.1, 0.15) is 0 Å². The van der Waals surface area contributed by atoms with Crippen LogP contribution in [0.1, 0.15) is 40.0 Å². The normalized spacial score (nSPS) is 13.8. The van der Waals surface area contributed by atoms with Gasteiger partial charge in [-0.25, -0.2) is 0 Å². The van der Waals surface area contributed by atoms with Crippen LogP contribution in [0.25, 0.3) is 0 Å². The van der Waals surface area contributed by atoms with E-state index in [1.165, 1.54) is 12.2 Å². The first-order chi connectivity index (χ1) is 7.43. The zero-order valence-electron chi connectivity index (χ0n) is 11.4. The van der Waals surface area contributed by atoms with E-state index in [4.69, 9.17) is 5.26 Å². The molecule has 1 unspecified atom stereocenters. The molecule has 0 spiro atoms. The monoisotopic (exact) mass is 242 g/mol. The Morgan fingerprint density at radius 3 is 2.50 bits per heavy atom. The van der Waals surface area contributed by atoms with Crippen molar-refractivity contribution in [2.24, 2.45) is 5.41 Å².